The summed E-state index contributed by atoms with van der Waals surface area (Å²) >= 11 is 6.43. The largest absolute Gasteiger partial charge is 0.365 e. The van der Waals surface area contributed by atoms with E-state index in [9.17, 15) is 4.79 Å². The summed E-state index contributed by atoms with van der Waals surface area (Å²) in [5, 5.41) is 2.69. The van der Waals surface area contributed by atoms with Crippen LogP contribution in [0.3, 0.4) is 0 Å². The predicted octanol–water partition coefficient (Wildman–Crippen LogP) is 2.51. The second-order valence-corrected chi connectivity index (χ2v) is 5.40. The molecule has 1 aliphatic heterocycles. The van der Waals surface area contributed by atoms with E-state index in [1.807, 2.05) is 6.92 Å². The van der Waals surface area contributed by atoms with Crippen LogP contribution in [0.5, 0.6) is 0 Å². The number of carbonyl (C=O) groups excluding carboxylic acids is 1. The van der Waals surface area contributed by atoms with E-state index in [2.05, 4.69) is 47.1 Å². The third kappa shape index (κ3) is 3.23. The van der Waals surface area contributed by atoms with Crippen molar-refractivity contribution in [3.63, 3.8) is 0 Å². The van der Waals surface area contributed by atoms with E-state index in [0.717, 1.165) is 12.8 Å². The number of halogens is 2. The second kappa shape index (κ2) is 5.41. The first-order valence-electron chi connectivity index (χ1n) is 5.20. The van der Waals surface area contributed by atoms with E-state index in [0.29, 0.717) is 15.0 Å². The van der Waals surface area contributed by atoms with Gasteiger partial charge in [-0.1, -0.05) is 0 Å². The number of carbonyl (C=O) groups is 1. The minimum atomic E-state index is -0.387. The van der Waals surface area contributed by atoms with E-state index >= 15 is 0 Å². The van der Waals surface area contributed by atoms with Gasteiger partial charge in [-0.05, 0) is 51.6 Å². The van der Waals surface area contributed by atoms with Crippen LogP contribution >= 0.6 is 31.9 Å². The third-order valence-electron chi connectivity index (χ3n) is 2.47. The van der Waals surface area contributed by atoms with Crippen LogP contribution in [0.1, 0.15) is 19.8 Å². The molecule has 0 radical (unpaired) electrons. The lowest BCUT2D eigenvalue weighted by Gasteiger charge is -2.11. The molecule has 1 amide bonds. The van der Waals surface area contributed by atoms with Gasteiger partial charge in [0.1, 0.15) is 15.3 Å². The average molecular weight is 365 g/mol. The van der Waals surface area contributed by atoms with Crippen LogP contribution in [0.2, 0.25) is 0 Å². The number of rotatable bonds is 2. The van der Waals surface area contributed by atoms with Crippen molar-refractivity contribution in [1.82, 2.24) is 9.97 Å². The molecule has 2 unspecified atom stereocenters. The van der Waals surface area contributed by atoms with Crippen molar-refractivity contribution in [2.24, 2.45) is 0 Å². The van der Waals surface area contributed by atoms with Crippen molar-refractivity contribution in [1.29, 1.82) is 0 Å². The number of anilines is 1. The van der Waals surface area contributed by atoms with Crippen molar-refractivity contribution in [3.8, 4) is 0 Å². The molecule has 17 heavy (non-hydrogen) atoms. The average Bonchev–Trinajstić information content (AvgIpc) is 2.69. The minimum Gasteiger partial charge on any atom is -0.365 e. The number of nitrogens with zero attached hydrogens (tertiary/aromatic N) is 2. The summed E-state index contributed by atoms with van der Waals surface area (Å²) in [6.07, 6.45) is 2.94. The van der Waals surface area contributed by atoms with E-state index < -0.39 is 0 Å². The zero-order valence-corrected chi connectivity index (χ0v) is 12.3. The highest BCUT2D eigenvalue weighted by Crippen LogP contribution is 2.23. The van der Waals surface area contributed by atoms with Crippen molar-refractivity contribution < 1.29 is 9.53 Å². The molecule has 1 fully saturated rings. The van der Waals surface area contributed by atoms with Crippen molar-refractivity contribution in [2.45, 2.75) is 32.0 Å². The highest BCUT2D eigenvalue weighted by molar-refractivity contribution is 9.11. The van der Waals surface area contributed by atoms with Gasteiger partial charge in [0, 0.05) is 0 Å². The summed E-state index contributed by atoms with van der Waals surface area (Å²) in [7, 11) is 0. The Labute approximate surface area is 116 Å². The molecule has 92 valence electrons. The van der Waals surface area contributed by atoms with Gasteiger partial charge in [-0.15, -0.1) is 0 Å². The van der Waals surface area contributed by atoms with Crippen LogP contribution in [-0.4, -0.2) is 28.1 Å². The summed E-state index contributed by atoms with van der Waals surface area (Å²) in [6, 6.07) is 0. The number of ether oxygens (including phenoxy) is 1. The predicted molar refractivity (Wildman–Crippen MR) is 69.6 cm³/mol. The molecule has 2 heterocycles. The number of amides is 1. The first kappa shape index (κ1) is 12.9. The Morgan fingerprint density at radius 1 is 1.53 bits per heavy atom. The van der Waals surface area contributed by atoms with E-state index in [1.54, 1.807) is 0 Å². The lowest BCUT2D eigenvalue weighted by Crippen LogP contribution is -2.28. The monoisotopic (exact) mass is 363 g/mol. The Bertz CT molecular complexity index is 442. The molecule has 1 saturated heterocycles. The molecule has 0 spiro atoms. The van der Waals surface area contributed by atoms with Gasteiger partial charge in [-0.2, -0.15) is 0 Å². The van der Waals surface area contributed by atoms with Crippen molar-refractivity contribution >= 4 is 43.6 Å². The summed E-state index contributed by atoms with van der Waals surface area (Å²) in [4.78, 5) is 20.0. The highest BCUT2D eigenvalue weighted by atomic mass is 79.9. The van der Waals surface area contributed by atoms with Crippen molar-refractivity contribution in [3.05, 3.63) is 15.4 Å². The molecular weight excluding hydrogens is 354 g/mol. The highest BCUT2D eigenvalue weighted by Gasteiger charge is 2.28. The van der Waals surface area contributed by atoms with E-state index in [4.69, 9.17) is 4.74 Å². The van der Waals surface area contributed by atoms with E-state index in [1.165, 1.54) is 6.20 Å². The number of aromatic nitrogens is 2. The van der Waals surface area contributed by atoms with Crippen LogP contribution in [0.4, 0.5) is 5.82 Å². The van der Waals surface area contributed by atoms with Gasteiger partial charge in [0.05, 0.1) is 12.3 Å². The summed E-state index contributed by atoms with van der Waals surface area (Å²) in [5.41, 5.74) is 0. The Kier molecular flexibility index (Phi) is 4.11. The fourth-order valence-corrected chi connectivity index (χ4v) is 2.53. The molecule has 0 bridgehead atoms. The number of hydrogen-bond acceptors (Lipinski definition) is 4. The maximum atomic E-state index is 11.9. The number of hydrogen-bond donors (Lipinski definition) is 1. The van der Waals surface area contributed by atoms with Gasteiger partial charge in [-0.3, -0.25) is 4.79 Å². The standard InChI is InChI=1S/C10H11Br2N3O2/c1-5-2-3-6(17-5)10(16)15-9-8(12)14-7(11)4-13-9/h4-6H,2-3H2,1H3,(H,13,15,16). The van der Waals surface area contributed by atoms with Gasteiger partial charge >= 0.3 is 0 Å². The maximum Gasteiger partial charge on any atom is 0.254 e. The maximum absolute atomic E-state index is 11.9. The summed E-state index contributed by atoms with van der Waals surface area (Å²) in [6.45, 7) is 1.96. The van der Waals surface area contributed by atoms with Gasteiger partial charge in [0.2, 0.25) is 0 Å². The zero-order chi connectivity index (χ0) is 12.4. The Morgan fingerprint density at radius 3 is 2.88 bits per heavy atom. The lowest BCUT2D eigenvalue weighted by atomic mass is 10.2. The molecule has 0 aromatic carbocycles. The lowest BCUT2D eigenvalue weighted by molar-refractivity contribution is -0.126. The minimum absolute atomic E-state index is 0.144. The molecule has 0 saturated carbocycles. The van der Waals surface area contributed by atoms with Crippen LogP contribution in [0.15, 0.2) is 15.4 Å². The smallest absolute Gasteiger partial charge is 0.254 e. The first-order valence-corrected chi connectivity index (χ1v) is 6.79. The Morgan fingerprint density at radius 2 is 2.29 bits per heavy atom. The van der Waals surface area contributed by atoms with Crippen LogP contribution in [0.25, 0.3) is 0 Å². The molecule has 1 aromatic heterocycles. The molecule has 7 heteroatoms. The fourth-order valence-electron chi connectivity index (χ4n) is 1.62. The first-order chi connectivity index (χ1) is 8.06. The SMILES string of the molecule is CC1CCC(C(=O)Nc2ncc(Br)nc2Br)O1. The molecule has 2 atom stereocenters. The van der Waals surface area contributed by atoms with E-state index in [-0.39, 0.29) is 18.1 Å². The molecule has 1 N–H and O–H groups in total. The normalized spacial score (nSPS) is 23.7. The van der Waals surface area contributed by atoms with Gasteiger partial charge in [0.15, 0.2) is 5.82 Å². The molecular formula is C10H11Br2N3O2. The van der Waals surface area contributed by atoms with Gasteiger partial charge in [0.25, 0.3) is 5.91 Å². The van der Waals surface area contributed by atoms with Gasteiger partial charge in [-0.25, -0.2) is 9.97 Å². The molecule has 1 aromatic rings. The van der Waals surface area contributed by atoms with Crippen molar-refractivity contribution in [2.75, 3.05) is 5.32 Å². The van der Waals surface area contributed by atoms with Crippen LogP contribution < -0.4 is 5.32 Å². The fraction of sp³-hybridized carbons (Fsp3) is 0.500. The number of nitrogens with one attached hydrogen (secondary N) is 1. The Hall–Kier alpha value is -0.530. The second-order valence-electron chi connectivity index (χ2n) is 3.83. The Balaban J connectivity index is 2.03. The topological polar surface area (TPSA) is 64.1 Å². The summed E-state index contributed by atoms with van der Waals surface area (Å²) in [5.74, 6) is 0.230. The quantitative estimate of drug-likeness (QED) is 0.875. The van der Waals surface area contributed by atoms with Crippen LogP contribution in [0, 0.1) is 0 Å². The van der Waals surface area contributed by atoms with Gasteiger partial charge < -0.3 is 10.1 Å². The zero-order valence-electron chi connectivity index (χ0n) is 9.11. The summed E-state index contributed by atoms with van der Waals surface area (Å²) < 4.78 is 6.57. The van der Waals surface area contributed by atoms with Crippen LogP contribution in [-0.2, 0) is 9.53 Å². The molecule has 2 rings (SSSR count). The molecule has 0 aliphatic carbocycles. The third-order valence-corrected chi connectivity index (χ3v) is 3.40. The molecule has 1 aliphatic rings. The molecule has 5 nitrogen and oxygen atoms in total.